The van der Waals surface area contributed by atoms with Crippen molar-refractivity contribution in [3.63, 3.8) is 0 Å². The third kappa shape index (κ3) is 3.63. The molecular formula is C16H16F3NO2. The SMILES string of the molecule is COc1ccc(NCc2ccccc2C(F)(F)F)c(OC)c1. The van der Waals surface area contributed by atoms with Gasteiger partial charge in [-0.15, -0.1) is 0 Å². The number of nitrogens with one attached hydrogen (secondary N) is 1. The average Bonchev–Trinajstić information content (AvgIpc) is 2.52. The molecule has 0 radical (unpaired) electrons. The van der Waals surface area contributed by atoms with Crippen molar-refractivity contribution in [1.29, 1.82) is 0 Å². The predicted molar refractivity (Wildman–Crippen MR) is 78.3 cm³/mol. The highest BCUT2D eigenvalue weighted by atomic mass is 19.4. The van der Waals surface area contributed by atoms with E-state index in [0.29, 0.717) is 17.2 Å². The maximum Gasteiger partial charge on any atom is 0.416 e. The Kier molecular flexibility index (Phi) is 4.80. The van der Waals surface area contributed by atoms with Crippen LogP contribution in [0.4, 0.5) is 18.9 Å². The number of rotatable bonds is 5. The number of hydrogen-bond donors (Lipinski definition) is 1. The van der Waals surface area contributed by atoms with Crippen molar-refractivity contribution in [3.8, 4) is 11.5 Å². The van der Waals surface area contributed by atoms with Gasteiger partial charge in [-0.1, -0.05) is 18.2 Å². The van der Waals surface area contributed by atoms with Gasteiger partial charge < -0.3 is 14.8 Å². The van der Waals surface area contributed by atoms with Gasteiger partial charge in [0.1, 0.15) is 11.5 Å². The first-order valence-electron chi connectivity index (χ1n) is 6.56. The second-order valence-electron chi connectivity index (χ2n) is 4.57. The Labute approximate surface area is 126 Å². The van der Waals surface area contributed by atoms with Crippen molar-refractivity contribution in [1.82, 2.24) is 0 Å². The first-order chi connectivity index (χ1) is 10.5. The second kappa shape index (κ2) is 6.60. The molecule has 0 saturated carbocycles. The second-order valence-corrected chi connectivity index (χ2v) is 4.57. The summed E-state index contributed by atoms with van der Waals surface area (Å²) >= 11 is 0. The van der Waals surface area contributed by atoms with E-state index in [2.05, 4.69) is 5.32 Å². The number of hydrogen-bond acceptors (Lipinski definition) is 3. The molecule has 1 N–H and O–H groups in total. The fraction of sp³-hybridized carbons (Fsp3) is 0.250. The summed E-state index contributed by atoms with van der Waals surface area (Å²) in [6.07, 6.45) is -4.37. The molecular weight excluding hydrogens is 295 g/mol. The van der Waals surface area contributed by atoms with Gasteiger partial charge in [0.25, 0.3) is 0 Å². The molecule has 0 unspecified atom stereocenters. The van der Waals surface area contributed by atoms with Gasteiger partial charge in [-0.25, -0.2) is 0 Å². The molecule has 0 atom stereocenters. The van der Waals surface area contributed by atoms with Gasteiger partial charge in [0.05, 0.1) is 25.5 Å². The van der Waals surface area contributed by atoms with Crippen molar-refractivity contribution < 1.29 is 22.6 Å². The van der Waals surface area contributed by atoms with Crippen molar-refractivity contribution >= 4 is 5.69 Å². The number of ether oxygens (including phenoxy) is 2. The lowest BCUT2D eigenvalue weighted by Gasteiger charge is -2.15. The molecule has 0 amide bonds. The van der Waals surface area contributed by atoms with E-state index in [-0.39, 0.29) is 12.1 Å². The molecule has 2 aromatic rings. The molecule has 2 rings (SSSR count). The zero-order valence-electron chi connectivity index (χ0n) is 12.2. The van der Waals surface area contributed by atoms with Crippen LogP contribution in [0.3, 0.4) is 0 Å². The number of anilines is 1. The molecule has 0 aliphatic rings. The van der Waals surface area contributed by atoms with Gasteiger partial charge in [-0.2, -0.15) is 13.2 Å². The molecule has 6 heteroatoms. The first-order valence-corrected chi connectivity index (χ1v) is 6.56. The lowest BCUT2D eigenvalue weighted by molar-refractivity contribution is -0.138. The highest BCUT2D eigenvalue weighted by molar-refractivity contribution is 5.59. The summed E-state index contributed by atoms with van der Waals surface area (Å²) in [4.78, 5) is 0. The lowest BCUT2D eigenvalue weighted by atomic mass is 10.1. The Balaban J connectivity index is 2.21. The van der Waals surface area contributed by atoms with Crippen LogP contribution in [-0.2, 0) is 12.7 Å². The topological polar surface area (TPSA) is 30.5 Å². The van der Waals surface area contributed by atoms with E-state index in [1.165, 1.54) is 26.4 Å². The Hall–Kier alpha value is -2.37. The van der Waals surface area contributed by atoms with Gasteiger partial charge in [0, 0.05) is 12.6 Å². The van der Waals surface area contributed by atoms with Crippen LogP contribution in [0.15, 0.2) is 42.5 Å². The van der Waals surface area contributed by atoms with Gasteiger partial charge in [-0.05, 0) is 23.8 Å². The minimum absolute atomic E-state index is 0.0401. The third-order valence-electron chi connectivity index (χ3n) is 3.20. The number of halogens is 3. The molecule has 2 aromatic carbocycles. The minimum Gasteiger partial charge on any atom is -0.497 e. The summed E-state index contributed by atoms with van der Waals surface area (Å²) < 4.78 is 49.1. The molecule has 0 spiro atoms. The average molecular weight is 311 g/mol. The molecule has 0 fully saturated rings. The highest BCUT2D eigenvalue weighted by Gasteiger charge is 2.32. The Bertz CT molecular complexity index is 642. The molecule has 0 heterocycles. The number of methoxy groups -OCH3 is 2. The fourth-order valence-corrected chi connectivity index (χ4v) is 2.09. The minimum atomic E-state index is -4.37. The van der Waals surface area contributed by atoms with Gasteiger partial charge >= 0.3 is 6.18 Å². The number of benzene rings is 2. The molecule has 0 aliphatic carbocycles. The van der Waals surface area contributed by atoms with Crippen LogP contribution in [0.5, 0.6) is 11.5 Å². The van der Waals surface area contributed by atoms with Crippen LogP contribution in [-0.4, -0.2) is 14.2 Å². The molecule has 22 heavy (non-hydrogen) atoms. The summed E-state index contributed by atoms with van der Waals surface area (Å²) in [5.41, 5.74) is 0.128. The molecule has 0 bridgehead atoms. The van der Waals surface area contributed by atoms with Crippen LogP contribution < -0.4 is 14.8 Å². The maximum atomic E-state index is 12.9. The van der Waals surface area contributed by atoms with Crippen molar-refractivity contribution in [3.05, 3.63) is 53.6 Å². The molecule has 0 aromatic heterocycles. The normalized spacial score (nSPS) is 11.1. The van der Waals surface area contributed by atoms with E-state index in [0.717, 1.165) is 6.07 Å². The van der Waals surface area contributed by atoms with Crippen LogP contribution in [0, 0.1) is 0 Å². The van der Waals surface area contributed by atoms with E-state index in [4.69, 9.17) is 9.47 Å². The fourth-order valence-electron chi connectivity index (χ4n) is 2.09. The van der Waals surface area contributed by atoms with E-state index in [1.54, 1.807) is 24.3 Å². The van der Waals surface area contributed by atoms with E-state index >= 15 is 0 Å². The Morgan fingerprint density at radius 3 is 2.36 bits per heavy atom. The smallest absolute Gasteiger partial charge is 0.416 e. The monoisotopic (exact) mass is 311 g/mol. The Morgan fingerprint density at radius 1 is 1.00 bits per heavy atom. The summed E-state index contributed by atoms with van der Waals surface area (Å²) in [6.45, 7) is 0.0401. The van der Waals surface area contributed by atoms with E-state index < -0.39 is 11.7 Å². The van der Waals surface area contributed by atoms with Gasteiger partial charge in [0.15, 0.2) is 0 Å². The van der Waals surface area contributed by atoms with E-state index in [1.807, 2.05) is 0 Å². The summed E-state index contributed by atoms with van der Waals surface area (Å²) in [5.74, 6) is 1.11. The molecule has 3 nitrogen and oxygen atoms in total. The van der Waals surface area contributed by atoms with Crippen molar-refractivity contribution in [2.75, 3.05) is 19.5 Å². The third-order valence-corrected chi connectivity index (χ3v) is 3.20. The van der Waals surface area contributed by atoms with Crippen LogP contribution >= 0.6 is 0 Å². The van der Waals surface area contributed by atoms with Crippen LogP contribution in [0.2, 0.25) is 0 Å². The van der Waals surface area contributed by atoms with Crippen LogP contribution in [0.25, 0.3) is 0 Å². The largest absolute Gasteiger partial charge is 0.497 e. The molecule has 0 saturated heterocycles. The van der Waals surface area contributed by atoms with E-state index in [9.17, 15) is 13.2 Å². The van der Waals surface area contributed by atoms with Crippen LogP contribution in [0.1, 0.15) is 11.1 Å². The standard InChI is InChI=1S/C16H16F3NO2/c1-21-12-7-8-14(15(9-12)22-2)20-10-11-5-3-4-6-13(11)16(17,18)19/h3-9,20H,10H2,1-2H3. The quantitative estimate of drug-likeness (QED) is 0.891. The van der Waals surface area contributed by atoms with Crippen molar-refractivity contribution in [2.24, 2.45) is 0 Å². The van der Waals surface area contributed by atoms with Gasteiger partial charge in [-0.3, -0.25) is 0 Å². The molecule has 118 valence electrons. The highest BCUT2D eigenvalue weighted by Crippen LogP contribution is 2.33. The lowest BCUT2D eigenvalue weighted by Crippen LogP contribution is -2.12. The number of alkyl halides is 3. The zero-order chi connectivity index (χ0) is 16.2. The first kappa shape index (κ1) is 16.0. The predicted octanol–water partition coefficient (Wildman–Crippen LogP) is 4.33. The zero-order valence-corrected chi connectivity index (χ0v) is 12.2. The van der Waals surface area contributed by atoms with Crippen molar-refractivity contribution in [2.45, 2.75) is 12.7 Å². The summed E-state index contributed by atoms with van der Waals surface area (Å²) in [7, 11) is 3.02. The summed E-state index contributed by atoms with van der Waals surface area (Å²) in [5, 5.41) is 2.96. The maximum absolute atomic E-state index is 12.9. The van der Waals surface area contributed by atoms with Gasteiger partial charge in [0.2, 0.25) is 0 Å². The molecule has 0 aliphatic heterocycles. The Morgan fingerprint density at radius 2 is 1.73 bits per heavy atom. The summed E-state index contributed by atoms with van der Waals surface area (Å²) in [6, 6.07) is 10.6.